The Morgan fingerprint density at radius 1 is 1.56 bits per heavy atom. The Bertz CT molecular complexity index is 459. The van der Waals surface area contributed by atoms with Crippen LogP contribution in [0.4, 0.5) is 5.69 Å². The Morgan fingerprint density at radius 2 is 2.31 bits per heavy atom. The molecule has 0 bridgehead atoms. The molecule has 0 saturated carbocycles. The van der Waals surface area contributed by atoms with Gasteiger partial charge in [-0.2, -0.15) is 0 Å². The van der Waals surface area contributed by atoms with E-state index in [2.05, 4.69) is 21.2 Å². The summed E-state index contributed by atoms with van der Waals surface area (Å²) in [6.45, 7) is 0. The normalized spacial score (nSPS) is 18.8. The molecule has 84 valence electrons. The van der Waals surface area contributed by atoms with Crippen molar-refractivity contribution >= 4 is 33.5 Å². The van der Waals surface area contributed by atoms with Gasteiger partial charge in [-0.15, -0.1) is 0 Å². The van der Waals surface area contributed by atoms with Crippen LogP contribution >= 0.6 is 15.9 Å². The van der Waals surface area contributed by atoms with E-state index < -0.39 is 5.97 Å². The summed E-state index contributed by atoms with van der Waals surface area (Å²) in [4.78, 5) is 22.1. The number of carboxylic acid groups (broad SMARTS) is 1. The molecule has 0 aromatic heterocycles. The molecule has 1 aromatic rings. The molecule has 0 saturated heterocycles. The fourth-order valence-corrected chi connectivity index (χ4v) is 2.29. The second-order valence-corrected chi connectivity index (χ2v) is 4.69. The van der Waals surface area contributed by atoms with Crippen LogP contribution in [-0.4, -0.2) is 17.0 Å². The van der Waals surface area contributed by atoms with Gasteiger partial charge in [0.25, 0.3) is 0 Å². The minimum atomic E-state index is -0.884. The highest BCUT2D eigenvalue weighted by atomic mass is 79.9. The largest absolute Gasteiger partial charge is 0.481 e. The summed E-state index contributed by atoms with van der Waals surface area (Å²) in [5.41, 5.74) is 1.60. The van der Waals surface area contributed by atoms with Gasteiger partial charge in [0.1, 0.15) is 0 Å². The van der Waals surface area contributed by atoms with Crippen LogP contribution < -0.4 is 5.32 Å². The molecule has 16 heavy (non-hydrogen) atoms. The van der Waals surface area contributed by atoms with Crippen molar-refractivity contribution in [2.24, 2.45) is 0 Å². The molecule has 1 heterocycles. The summed E-state index contributed by atoms with van der Waals surface area (Å²) >= 11 is 3.34. The second kappa shape index (κ2) is 4.25. The first kappa shape index (κ1) is 11.1. The summed E-state index contributed by atoms with van der Waals surface area (Å²) in [5.74, 6) is -1.24. The number of carboxylic acids is 1. The lowest BCUT2D eigenvalue weighted by molar-refractivity contribution is -0.137. The summed E-state index contributed by atoms with van der Waals surface area (Å²) in [6.07, 6.45) is 0.215. The number of carbonyl (C=O) groups is 2. The maximum atomic E-state index is 11.4. The molecule has 0 radical (unpaired) electrons. The molecule has 1 unspecified atom stereocenters. The summed E-state index contributed by atoms with van der Waals surface area (Å²) in [6, 6.07) is 5.47. The lowest BCUT2D eigenvalue weighted by Gasteiger charge is -2.24. The third-order valence-corrected chi connectivity index (χ3v) is 3.07. The average molecular weight is 284 g/mol. The zero-order valence-corrected chi connectivity index (χ0v) is 9.95. The Morgan fingerprint density at radius 3 is 3.00 bits per heavy atom. The molecule has 0 spiro atoms. The maximum absolute atomic E-state index is 11.4. The molecule has 2 rings (SSSR count). The van der Waals surface area contributed by atoms with Crippen molar-refractivity contribution in [2.75, 3.05) is 5.32 Å². The molecule has 2 N–H and O–H groups in total. The van der Waals surface area contributed by atoms with Gasteiger partial charge in [0.2, 0.25) is 5.91 Å². The smallest absolute Gasteiger partial charge is 0.303 e. The van der Waals surface area contributed by atoms with E-state index in [-0.39, 0.29) is 24.7 Å². The predicted octanol–water partition coefficient (Wildman–Crippen LogP) is 2.35. The molecular weight excluding hydrogens is 274 g/mol. The highest BCUT2D eigenvalue weighted by molar-refractivity contribution is 9.10. The van der Waals surface area contributed by atoms with Crippen molar-refractivity contribution in [3.8, 4) is 0 Å². The molecule has 1 atom stereocenters. The van der Waals surface area contributed by atoms with Crippen LogP contribution in [0.2, 0.25) is 0 Å². The number of fused-ring (bicyclic) bond motifs is 1. The molecule has 1 aliphatic heterocycles. The Labute approximate surface area is 101 Å². The van der Waals surface area contributed by atoms with E-state index in [1.807, 2.05) is 12.1 Å². The number of hydrogen-bond acceptors (Lipinski definition) is 2. The van der Waals surface area contributed by atoms with Gasteiger partial charge in [-0.05, 0) is 23.8 Å². The van der Waals surface area contributed by atoms with Crippen LogP contribution in [0.15, 0.2) is 22.7 Å². The first-order valence-electron chi connectivity index (χ1n) is 4.87. The highest BCUT2D eigenvalue weighted by Crippen LogP contribution is 2.36. The van der Waals surface area contributed by atoms with Crippen molar-refractivity contribution < 1.29 is 14.7 Å². The van der Waals surface area contributed by atoms with Gasteiger partial charge in [0.05, 0.1) is 6.42 Å². The molecule has 1 amide bonds. The van der Waals surface area contributed by atoms with Crippen LogP contribution in [0.5, 0.6) is 0 Å². The first-order valence-corrected chi connectivity index (χ1v) is 5.66. The average Bonchev–Trinajstić information content (AvgIpc) is 2.18. The monoisotopic (exact) mass is 283 g/mol. The number of halogens is 1. The van der Waals surface area contributed by atoms with Gasteiger partial charge in [0.15, 0.2) is 0 Å². The molecular formula is C11H10BrNO3. The number of hydrogen-bond donors (Lipinski definition) is 2. The van der Waals surface area contributed by atoms with Gasteiger partial charge in [-0.1, -0.05) is 15.9 Å². The Kier molecular flexibility index (Phi) is 2.96. The van der Waals surface area contributed by atoms with E-state index in [4.69, 9.17) is 5.11 Å². The van der Waals surface area contributed by atoms with E-state index in [9.17, 15) is 9.59 Å². The zero-order chi connectivity index (χ0) is 11.7. The number of benzene rings is 1. The maximum Gasteiger partial charge on any atom is 0.303 e. The van der Waals surface area contributed by atoms with E-state index in [0.29, 0.717) is 5.69 Å². The van der Waals surface area contributed by atoms with Crippen molar-refractivity contribution in [1.82, 2.24) is 0 Å². The standard InChI is InChI=1S/C11H10BrNO3/c12-7-1-2-9-8(5-7)6(4-11(15)16)3-10(14)13-9/h1-2,5-6H,3-4H2,(H,13,14)(H,15,16). The SMILES string of the molecule is O=C(O)CC1CC(=O)Nc2ccc(Br)cc21. The van der Waals surface area contributed by atoms with Gasteiger partial charge in [-0.3, -0.25) is 9.59 Å². The van der Waals surface area contributed by atoms with Gasteiger partial charge in [-0.25, -0.2) is 0 Å². The molecule has 4 nitrogen and oxygen atoms in total. The molecule has 1 aromatic carbocycles. The third-order valence-electron chi connectivity index (χ3n) is 2.58. The van der Waals surface area contributed by atoms with E-state index in [0.717, 1.165) is 10.0 Å². The molecule has 0 aliphatic carbocycles. The van der Waals surface area contributed by atoms with Crippen LogP contribution in [0.3, 0.4) is 0 Å². The molecule has 1 aliphatic rings. The minimum absolute atomic E-state index is 0.0170. The summed E-state index contributed by atoms with van der Waals surface area (Å²) in [7, 11) is 0. The first-order chi connectivity index (χ1) is 7.56. The molecule has 0 fully saturated rings. The number of carbonyl (C=O) groups excluding carboxylic acids is 1. The Balaban J connectivity index is 2.39. The van der Waals surface area contributed by atoms with Gasteiger partial charge in [0, 0.05) is 22.5 Å². The second-order valence-electron chi connectivity index (χ2n) is 3.78. The van der Waals surface area contributed by atoms with Crippen molar-refractivity contribution in [2.45, 2.75) is 18.8 Å². The third kappa shape index (κ3) is 2.24. The van der Waals surface area contributed by atoms with E-state index in [1.54, 1.807) is 6.07 Å². The highest BCUT2D eigenvalue weighted by Gasteiger charge is 2.26. The number of amides is 1. The Hall–Kier alpha value is -1.36. The number of aliphatic carboxylic acids is 1. The number of nitrogens with one attached hydrogen (secondary N) is 1. The lowest BCUT2D eigenvalue weighted by Crippen LogP contribution is -2.24. The zero-order valence-electron chi connectivity index (χ0n) is 8.37. The van der Waals surface area contributed by atoms with Crippen LogP contribution in [0, 0.1) is 0 Å². The summed E-state index contributed by atoms with van der Waals surface area (Å²) < 4.78 is 0.887. The van der Waals surface area contributed by atoms with Crippen LogP contribution in [-0.2, 0) is 9.59 Å². The topological polar surface area (TPSA) is 66.4 Å². The number of anilines is 1. The molecule has 5 heteroatoms. The van der Waals surface area contributed by atoms with Gasteiger partial charge < -0.3 is 10.4 Å². The van der Waals surface area contributed by atoms with Crippen LogP contribution in [0.25, 0.3) is 0 Å². The van der Waals surface area contributed by atoms with Gasteiger partial charge >= 0.3 is 5.97 Å². The van der Waals surface area contributed by atoms with E-state index >= 15 is 0 Å². The minimum Gasteiger partial charge on any atom is -0.481 e. The number of rotatable bonds is 2. The fraction of sp³-hybridized carbons (Fsp3) is 0.273. The summed E-state index contributed by atoms with van der Waals surface area (Å²) in [5, 5.41) is 11.5. The van der Waals surface area contributed by atoms with Crippen molar-refractivity contribution in [3.05, 3.63) is 28.2 Å². The fourth-order valence-electron chi connectivity index (χ4n) is 1.91. The van der Waals surface area contributed by atoms with E-state index in [1.165, 1.54) is 0 Å². The quantitative estimate of drug-likeness (QED) is 0.876. The predicted molar refractivity (Wildman–Crippen MR) is 62.4 cm³/mol. The van der Waals surface area contributed by atoms with Crippen molar-refractivity contribution in [3.63, 3.8) is 0 Å². The van der Waals surface area contributed by atoms with Crippen LogP contribution in [0.1, 0.15) is 24.3 Å². The van der Waals surface area contributed by atoms with Crippen molar-refractivity contribution in [1.29, 1.82) is 0 Å². The lowest BCUT2D eigenvalue weighted by atomic mass is 9.88.